The van der Waals surface area contributed by atoms with Crippen LogP contribution in [-0.4, -0.2) is 28.5 Å². The number of rotatable bonds is 3. The molecule has 0 aliphatic carbocycles. The molecule has 0 spiro atoms. The highest BCUT2D eigenvalue weighted by Crippen LogP contribution is 2.27. The van der Waals surface area contributed by atoms with E-state index in [1.807, 2.05) is 13.0 Å². The molecular formula is C19H18F2N2O2. The van der Waals surface area contributed by atoms with E-state index in [0.717, 1.165) is 43.3 Å². The van der Waals surface area contributed by atoms with Crippen molar-refractivity contribution in [1.82, 2.24) is 9.47 Å². The highest BCUT2D eigenvalue weighted by molar-refractivity contribution is 5.97. The second kappa shape index (κ2) is 6.02. The van der Waals surface area contributed by atoms with Gasteiger partial charge < -0.3 is 13.9 Å². The van der Waals surface area contributed by atoms with E-state index in [2.05, 4.69) is 0 Å². The molecular weight excluding hydrogens is 326 g/mol. The molecule has 4 nitrogen and oxygen atoms in total. The zero-order valence-electron chi connectivity index (χ0n) is 13.9. The van der Waals surface area contributed by atoms with Gasteiger partial charge in [-0.2, -0.15) is 0 Å². The van der Waals surface area contributed by atoms with Gasteiger partial charge in [-0.25, -0.2) is 8.78 Å². The van der Waals surface area contributed by atoms with Crippen LogP contribution >= 0.6 is 0 Å². The molecule has 1 fully saturated rings. The van der Waals surface area contributed by atoms with Gasteiger partial charge in [0.1, 0.15) is 23.1 Å². The third-order valence-corrected chi connectivity index (χ3v) is 4.67. The molecule has 4 rings (SSSR count). The maximum atomic E-state index is 14.1. The minimum Gasteiger partial charge on any atom is -0.460 e. The van der Waals surface area contributed by atoms with Crippen molar-refractivity contribution < 1.29 is 18.0 Å². The monoisotopic (exact) mass is 344 g/mol. The van der Waals surface area contributed by atoms with Gasteiger partial charge in [-0.15, -0.1) is 0 Å². The zero-order valence-corrected chi connectivity index (χ0v) is 13.9. The van der Waals surface area contributed by atoms with Gasteiger partial charge in [0.05, 0.1) is 12.1 Å². The first-order valence-corrected chi connectivity index (χ1v) is 8.36. The normalized spacial score (nSPS) is 14.6. The SMILES string of the molecule is Cc1cc2c(cc(C(=O)N3CCCC3)n2Cc2ccc(F)cc2F)o1. The van der Waals surface area contributed by atoms with Crippen LogP contribution in [0.15, 0.2) is 34.7 Å². The lowest BCUT2D eigenvalue weighted by molar-refractivity contribution is 0.0783. The molecule has 0 saturated carbocycles. The first-order chi connectivity index (χ1) is 12.0. The van der Waals surface area contributed by atoms with E-state index in [0.29, 0.717) is 16.8 Å². The summed E-state index contributed by atoms with van der Waals surface area (Å²) in [5, 5.41) is 0. The predicted molar refractivity (Wildman–Crippen MR) is 89.5 cm³/mol. The topological polar surface area (TPSA) is 38.4 Å². The minimum atomic E-state index is -0.623. The molecule has 0 N–H and O–H groups in total. The predicted octanol–water partition coefficient (Wildman–Crippen LogP) is 4.11. The van der Waals surface area contributed by atoms with Crippen molar-refractivity contribution in [2.24, 2.45) is 0 Å². The van der Waals surface area contributed by atoms with Crippen LogP contribution in [0.1, 0.15) is 34.7 Å². The van der Waals surface area contributed by atoms with Crippen molar-refractivity contribution in [3.8, 4) is 0 Å². The first-order valence-electron chi connectivity index (χ1n) is 8.36. The van der Waals surface area contributed by atoms with E-state index in [4.69, 9.17) is 4.42 Å². The number of likely N-dealkylation sites (tertiary alicyclic amines) is 1. The summed E-state index contributed by atoms with van der Waals surface area (Å²) in [6.45, 7) is 3.43. The molecule has 130 valence electrons. The third kappa shape index (κ3) is 2.81. The van der Waals surface area contributed by atoms with Crippen molar-refractivity contribution in [2.45, 2.75) is 26.3 Å². The Morgan fingerprint density at radius 3 is 2.64 bits per heavy atom. The molecule has 3 heterocycles. The number of halogens is 2. The van der Waals surface area contributed by atoms with Crippen LogP contribution in [0.2, 0.25) is 0 Å². The number of aromatic nitrogens is 1. The van der Waals surface area contributed by atoms with Crippen LogP contribution in [0.3, 0.4) is 0 Å². The van der Waals surface area contributed by atoms with Crippen LogP contribution in [-0.2, 0) is 6.54 Å². The second-order valence-corrected chi connectivity index (χ2v) is 6.46. The molecule has 25 heavy (non-hydrogen) atoms. The quantitative estimate of drug-likeness (QED) is 0.717. The van der Waals surface area contributed by atoms with Gasteiger partial charge in [0.25, 0.3) is 5.91 Å². The molecule has 0 unspecified atom stereocenters. The molecule has 3 aromatic rings. The summed E-state index contributed by atoms with van der Waals surface area (Å²) in [6.07, 6.45) is 1.99. The Kier molecular flexibility index (Phi) is 3.82. The van der Waals surface area contributed by atoms with Crippen molar-refractivity contribution >= 4 is 17.0 Å². The van der Waals surface area contributed by atoms with E-state index in [9.17, 15) is 13.6 Å². The van der Waals surface area contributed by atoms with E-state index >= 15 is 0 Å². The standard InChI is InChI=1S/C19H18F2N2O2/c1-12-8-16-18(25-12)10-17(19(24)22-6-2-3-7-22)23(16)11-13-4-5-14(20)9-15(13)21/h4-5,8-10H,2-3,6-7,11H2,1H3. The van der Waals surface area contributed by atoms with E-state index < -0.39 is 11.6 Å². The summed E-state index contributed by atoms with van der Waals surface area (Å²) in [7, 11) is 0. The first kappa shape index (κ1) is 15.9. The number of carbonyl (C=O) groups is 1. The summed E-state index contributed by atoms with van der Waals surface area (Å²) in [6, 6.07) is 7.04. The fraction of sp³-hybridized carbons (Fsp3) is 0.316. The Bertz CT molecular complexity index is 952. The molecule has 1 saturated heterocycles. The van der Waals surface area contributed by atoms with Crippen LogP contribution in [0.25, 0.3) is 11.1 Å². The average molecular weight is 344 g/mol. The zero-order chi connectivity index (χ0) is 17.6. The Labute approximate surface area is 143 Å². The molecule has 1 aromatic carbocycles. The van der Waals surface area contributed by atoms with Crippen molar-refractivity contribution in [2.75, 3.05) is 13.1 Å². The summed E-state index contributed by atoms with van der Waals surface area (Å²) < 4.78 is 34.7. The van der Waals surface area contributed by atoms with Gasteiger partial charge in [-0.05, 0) is 25.8 Å². The van der Waals surface area contributed by atoms with Gasteiger partial charge >= 0.3 is 0 Å². The number of carbonyl (C=O) groups excluding carboxylic acids is 1. The molecule has 0 bridgehead atoms. The molecule has 1 amide bonds. The van der Waals surface area contributed by atoms with E-state index in [-0.39, 0.29) is 12.5 Å². The largest absolute Gasteiger partial charge is 0.460 e. The number of aryl methyl sites for hydroxylation is 1. The number of hydrogen-bond donors (Lipinski definition) is 0. The smallest absolute Gasteiger partial charge is 0.270 e. The fourth-order valence-electron chi connectivity index (χ4n) is 3.42. The molecule has 1 aliphatic rings. The van der Waals surface area contributed by atoms with Crippen molar-refractivity contribution in [1.29, 1.82) is 0 Å². The molecule has 0 atom stereocenters. The number of nitrogens with zero attached hydrogens (tertiary/aromatic N) is 2. The number of fused-ring (bicyclic) bond motifs is 1. The van der Waals surface area contributed by atoms with Gasteiger partial charge in [0.2, 0.25) is 0 Å². The van der Waals surface area contributed by atoms with Gasteiger partial charge in [-0.1, -0.05) is 6.07 Å². The summed E-state index contributed by atoms with van der Waals surface area (Å²) in [5.74, 6) is -0.601. The van der Waals surface area contributed by atoms with Crippen LogP contribution in [0.4, 0.5) is 8.78 Å². The van der Waals surface area contributed by atoms with Gasteiger partial charge in [-0.3, -0.25) is 4.79 Å². The van der Waals surface area contributed by atoms with Gasteiger partial charge in [0.15, 0.2) is 5.58 Å². The maximum absolute atomic E-state index is 14.1. The number of furan rings is 1. The number of amides is 1. The number of benzene rings is 1. The number of hydrogen-bond acceptors (Lipinski definition) is 2. The highest BCUT2D eigenvalue weighted by atomic mass is 19.1. The summed E-state index contributed by atoms with van der Waals surface area (Å²) >= 11 is 0. The van der Waals surface area contributed by atoms with Gasteiger partial charge in [0, 0.05) is 36.9 Å². The van der Waals surface area contributed by atoms with Crippen molar-refractivity contribution in [3.63, 3.8) is 0 Å². The molecule has 0 radical (unpaired) electrons. The fourth-order valence-corrected chi connectivity index (χ4v) is 3.42. The van der Waals surface area contributed by atoms with Crippen LogP contribution in [0, 0.1) is 18.6 Å². The summed E-state index contributed by atoms with van der Waals surface area (Å²) in [5.41, 5.74) is 2.14. The lowest BCUT2D eigenvalue weighted by Crippen LogP contribution is -2.29. The minimum absolute atomic E-state index is 0.0796. The lowest BCUT2D eigenvalue weighted by Gasteiger charge is -2.17. The van der Waals surface area contributed by atoms with Crippen LogP contribution in [0.5, 0.6) is 0 Å². The Morgan fingerprint density at radius 2 is 1.92 bits per heavy atom. The molecule has 2 aromatic heterocycles. The van der Waals surface area contributed by atoms with Crippen LogP contribution < -0.4 is 0 Å². The molecule has 6 heteroatoms. The Hall–Kier alpha value is -2.63. The van der Waals surface area contributed by atoms with Crippen molar-refractivity contribution in [3.05, 3.63) is 59.0 Å². The maximum Gasteiger partial charge on any atom is 0.270 e. The van der Waals surface area contributed by atoms with E-state index in [1.54, 1.807) is 15.5 Å². The summed E-state index contributed by atoms with van der Waals surface area (Å²) in [4.78, 5) is 14.7. The second-order valence-electron chi connectivity index (χ2n) is 6.46. The Balaban J connectivity index is 1.79. The third-order valence-electron chi connectivity index (χ3n) is 4.67. The highest BCUT2D eigenvalue weighted by Gasteiger charge is 2.25. The van der Waals surface area contributed by atoms with E-state index in [1.165, 1.54) is 12.1 Å². The molecule has 1 aliphatic heterocycles. The average Bonchev–Trinajstić information content (AvgIpc) is 3.26. The lowest BCUT2D eigenvalue weighted by atomic mass is 10.2. The Morgan fingerprint density at radius 1 is 1.16 bits per heavy atom.